The molecule has 2 amide bonds. The molecule has 1 saturated heterocycles. The number of hydrogen-bond acceptors (Lipinski definition) is 3. The average Bonchev–Trinajstić information content (AvgIpc) is 3.00. The molecule has 0 saturated carbocycles. The molecule has 1 aliphatic rings. The Hall–Kier alpha value is -2.53. The number of hydrogen-bond donors (Lipinski definition) is 2. The molecule has 1 fully saturated rings. The smallest absolute Gasteiger partial charge is 0.313 e. The highest BCUT2D eigenvalue weighted by molar-refractivity contribution is 6.39. The third kappa shape index (κ3) is 5.99. The third-order valence-corrected chi connectivity index (χ3v) is 5.17. The number of nitrogens with one attached hydrogen (secondary N) is 2. The van der Waals surface area contributed by atoms with Crippen molar-refractivity contribution in [1.82, 2.24) is 5.32 Å². The van der Waals surface area contributed by atoms with Gasteiger partial charge in [0.2, 0.25) is 0 Å². The van der Waals surface area contributed by atoms with Gasteiger partial charge in [0.25, 0.3) is 0 Å². The molecule has 3 rings (SSSR count). The Bertz CT molecular complexity index is 782. The van der Waals surface area contributed by atoms with Crippen LogP contribution in [0.3, 0.4) is 0 Å². The maximum Gasteiger partial charge on any atom is 0.313 e. The van der Waals surface area contributed by atoms with Crippen LogP contribution in [0.15, 0.2) is 48.5 Å². The van der Waals surface area contributed by atoms with Gasteiger partial charge in [-0.2, -0.15) is 0 Å². The first-order valence-corrected chi connectivity index (χ1v) is 10.2. The zero-order valence-electron chi connectivity index (χ0n) is 15.9. The van der Waals surface area contributed by atoms with Gasteiger partial charge in [0, 0.05) is 36.0 Å². The molecule has 0 aromatic heterocycles. The molecule has 0 aliphatic carbocycles. The van der Waals surface area contributed by atoms with E-state index in [4.69, 9.17) is 11.6 Å². The Morgan fingerprint density at radius 2 is 1.50 bits per heavy atom. The molecule has 6 heteroatoms. The summed E-state index contributed by atoms with van der Waals surface area (Å²) in [5.41, 5.74) is 2.93. The molecule has 0 bridgehead atoms. The fraction of sp³-hybridized carbons (Fsp3) is 0.364. The van der Waals surface area contributed by atoms with E-state index in [1.54, 1.807) is 24.3 Å². The SMILES string of the molecule is O=C(NCCc1ccc(N2CCCCCC2)cc1)C(=O)Nc1ccc(Cl)cc1. The van der Waals surface area contributed by atoms with Crippen LogP contribution in [0.5, 0.6) is 0 Å². The van der Waals surface area contributed by atoms with Crippen LogP contribution in [0.25, 0.3) is 0 Å². The number of carbonyl (C=O) groups excluding carboxylic acids is 2. The largest absolute Gasteiger partial charge is 0.372 e. The lowest BCUT2D eigenvalue weighted by molar-refractivity contribution is -0.136. The van der Waals surface area contributed by atoms with Crippen LogP contribution in [0.4, 0.5) is 11.4 Å². The molecule has 0 unspecified atom stereocenters. The molecule has 2 aromatic rings. The van der Waals surface area contributed by atoms with Crippen LogP contribution in [-0.4, -0.2) is 31.4 Å². The number of rotatable bonds is 5. The van der Waals surface area contributed by atoms with Gasteiger partial charge in [-0.1, -0.05) is 36.6 Å². The number of amides is 2. The third-order valence-electron chi connectivity index (χ3n) is 4.92. The lowest BCUT2D eigenvalue weighted by Crippen LogP contribution is -2.36. The van der Waals surface area contributed by atoms with Crippen molar-refractivity contribution in [2.75, 3.05) is 29.9 Å². The highest BCUT2D eigenvalue weighted by Gasteiger charge is 2.13. The molecule has 1 aliphatic heterocycles. The van der Waals surface area contributed by atoms with Crippen LogP contribution in [-0.2, 0) is 16.0 Å². The van der Waals surface area contributed by atoms with Crippen molar-refractivity contribution in [3.05, 3.63) is 59.1 Å². The number of halogens is 1. The molecule has 0 atom stereocenters. The Labute approximate surface area is 171 Å². The normalized spacial score (nSPS) is 14.2. The van der Waals surface area contributed by atoms with Crippen LogP contribution < -0.4 is 15.5 Å². The van der Waals surface area contributed by atoms with Crippen LogP contribution >= 0.6 is 11.6 Å². The van der Waals surface area contributed by atoms with Crippen molar-refractivity contribution in [2.45, 2.75) is 32.1 Å². The molecule has 148 valence electrons. The van der Waals surface area contributed by atoms with E-state index in [-0.39, 0.29) is 0 Å². The Balaban J connectivity index is 1.43. The molecule has 2 aromatic carbocycles. The summed E-state index contributed by atoms with van der Waals surface area (Å²) in [6.45, 7) is 2.66. The lowest BCUT2D eigenvalue weighted by atomic mass is 10.1. The minimum Gasteiger partial charge on any atom is -0.372 e. The topological polar surface area (TPSA) is 61.4 Å². The molecule has 28 heavy (non-hydrogen) atoms. The van der Waals surface area contributed by atoms with Crippen molar-refractivity contribution in [3.8, 4) is 0 Å². The van der Waals surface area contributed by atoms with Gasteiger partial charge in [-0.05, 0) is 61.2 Å². The summed E-state index contributed by atoms with van der Waals surface area (Å²) in [6, 6.07) is 15.1. The zero-order chi connectivity index (χ0) is 19.8. The Morgan fingerprint density at radius 3 is 2.14 bits per heavy atom. The second kappa shape index (κ2) is 10.1. The number of carbonyl (C=O) groups is 2. The summed E-state index contributed by atoms with van der Waals surface area (Å²) in [4.78, 5) is 26.3. The molecular formula is C22H26ClN3O2. The van der Waals surface area contributed by atoms with E-state index in [9.17, 15) is 9.59 Å². The van der Waals surface area contributed by atoms with Crippen molar-refractivity contribution in [2.24, 2.45) is 0 Å². The van der Waals surface area contributed by atoms with E-state index in [0.29, 0.717) is 23.7 Å². The van der Waals surface area contributed by atoms with Crippen molar-refractivity contribution < 1.29 is 9.59 Å². The summed E-state index contributed by atoms with van der Waals surface area (Å²) in [5, 5.41) is 5.79. The maximum atomic E-state index is 11.9. The zero-order valence-corrected chi connectivity index (χ0v) is 16.7. The second-order valence-corrected chi connectivity index (χ2v) is 7.47. The van der Waals surface area contributed by atoms with Crippen LogP contribution in [0.1, 0.15) is 31.2 Å². The van der Waals surface area contributed by atoms with Gasteiger partial charge in [0.15, 0.2) is 0 Å². The van der Waals surface area contributed by atoms with E-state index in [1.807, 2.05) is 0 Å². The van der Waals surface area contributed by atoms with Gasteiger partial charge >= 0.3 is 11.8 Å². The summed E-state index contributed by atoms with van der Waals surface area (Å²) in [5.74, 6) is -1.32. The first-order chi connectivity index (χ1) is 13.6. The van der Waals surface area contributed by atoms with Crippen molar-refractivity contribution >= 4 is 34.8 Å². The highest BCUT2D eigenvalue weighted by atomic mass is 35.5. The van der Waals surface area contributed by atoms with Gasteiger partial charge in [-0.3, -0.25) is 9.59 Å². The van der Waals surface area contributed by atoms with Crippen molar-refractivity contribution in [3.63, 3.8) is 0 Å². The highest BCUT2D eigenvalue weighted by Crippen LogP contribution is 2.20. The fourth-order valence-corrected chi connectivity index (χ4v) is 3.45. The molecule has 0 spiro atoms. The summed E-state index contributed by atoms with van der Waals surface area (Å²) in [6.07, 6.45) is 5.83. The van der Waals surface area contributed by atoms with Gasteiger partial charge in [0.1, 0.15) is 0 Å². The number of anilines is 2. The first kappa shape index (κ1) is 20.2. The fourth-order valence-electron chi connectivity index (χ4n) is 3.32. The maximum absolute atomic E-state index is 11.9. The molecule has 5 nitrogen and oxygen atoms in total. The van der Waals surface area contributed by atoms with Gasteiger partial charge in [0.05, 0.1) is 0 Å². The van der Waals surface area contributed by atoms with E-state index in [2.05, 4.69) is 39.8 Å². The molecule has 1 heterocycles. The average molecular weight is 400 g/mol. The minimum atomic E-state index is -0.682. The van der Waals surface area contributed by atoms with E-state index >= 15 is 0 Å². The first-order valence-electron chi connectivity index (χ1n) is 9.80. The van der Waals surface area contributed by atoms with E-state index in [1.165, 1.54) is 31.4 Å². The number of benzene rings is 2. The number of nitrogens with zero attached hydrogens (tertiary/aromatic N) is 1. The van der Waals surface area contributed by atoms with Gasteiger partial charge in [-0.15, -0.1) is 0 Å². The molecule has 0 radical (unpaired) electrons. The van der Waals surface area contributed by atoms with Gasteiger partial charge < -0.3 is 15.5 Å². The van der Waals surface area contributed by atoms with Crippen molar-refractivity contribution in [1.29, 1.82) is 0 Å². The summed E-state index contributed by atoms with van der Waals surface area (Å²) < 4.78 is 0. The van der Waals surface area contributed by atoms with Gasteiger partial charge in [-0.25, -0.2) is 0 Å². The standard InChI is InChI=1S/C22H26ClN3O2/c23-18-7-9-19(10-8-18)25-22(28)21(27)24-14-13-17-5-11-20(12-6-17)26-15-3-1-2-4-16-26/h5-12H,1-4,13-16H2,(H,24,27)(H,25,28). The summed E-state index contributed by atoms with van der Waals surface area (Å²) in [7, 11) is 0. The Morgan fingerprint density at radius 1 is 0.857 bits per heavy atom. The molecule has 2 N–H and O–H groups in total. The summed E-state index contributed by atoms with van der Waals surface area (Å²) >= 11 is 5.80. The predicted octanol–water partition coefficient (Wildman–Crippen LogP) is 4.02. The predicted molar refractivity (Wildman–Crippen MR) is 114 cm³/mol. The second-order valence-electron chi connectivity index (χ2n) is 7.03. The Kier molecular flexibility index (Phi) is 7.31. The van der Waals surface area contributed by atoms with E-state index < -0.39 is 11.8 Å². The molecular weight excluding hydrogens is 374 g/mol. The van der Waals surface area contributed by atoms with Crippen LogP contribution in [0.2, 0.25) is 5.02 Å². The minimum absolute atomic E-state index is 0.413. The monoisotopic (exact) mass is 399 g/mol. The van der Waals surface area contributed by atoms with E-state index in [0.717, 1.165) is 18.7 Å². The van der Waals surface area contributed by atoms with Crippen LogP contribution in [0, 0.1) is 0 Å². The lowest BCUT2D eigenvalue weighted by Gasteiger charge is -2.22. The quantitative estimate of drug-likeness (QED) is 0.746.